The molecule has 0 saturated heterocycles. The van der Waals surface area contributed by atoms with Crippen LogP contribution in [-0.2, 0) is 4.79 Å². The topological polar surface area (TPSA) is 103 Å². The van der Waals surface area contributed by atoms with Crippen molar-refractivity contribution in [3.8, 4) is 0 Å². The van der Waals surface area contributed by atoms with E-state index in [9.17, 15) is 9.59 Å². The number of thioether (sulfide) groups is 1. The van der Waals surface area contributed by atoms with Crippen molar-refractivity contribution in [3.63, 3.8) is 0 Å². The van der Waals surface area contributed by atoms with Crippen molar-refractivity contribution < 1.29 is 4.79 Å². The van der Waals surface area contributed by atoms with Crippen molar-refractivity contribution in [3.05, 3.63) is 50.9 Å². The number of rotatable bonds is 5. The summed E-state index contributed by atoms with van der Waals surface area (Å²) in [6.07, 6.45) is 0. The number of nitrogens with zero attached hydrogens (tertiary/aromatic N) is 3. The molecule has 23 heavy (non-hydrogen) atoms. The Kier molecular flexibility index (Phi) is 5.62. The molecule has 1 atom stereocenters. The summed E-state index contributed by atoms with van der Waals surface area (Å²) in [5.41, 5.74) is 0.716. The molecule has 3 N–H and O–H groups in total. The molecule has 1 aromatic heterocycles. The number of benzene rings is 1. The van der Waals surface area contributed by atoms with E-state index in [0.29, 0.717) is 5.02 Å². The van der Waals surface area contributed by atoms with Crippen LogP contribution in [0, 0.1) is 6.92 Å². The maximum atomic E-state index is 12.0. The van der Waals surface area contributed by atoms with E-state index in [-0.39, 0.29) is 28.6 Å². The van der Waals surface area contributed by atoms with Crippen molar-refractivity contribution in [2.24, 2.45) is 0 Å². The van der Waals surface area contributed by atoms with E-state index in [0.717, 1.165) is 22.0 Å². The van der Waals surface area contributed by atoms with E-state index in [2.05, 4.69) is 15.5 Å². The molecule has 122 valence electrons. The van der Waals surface area contributed by atoms with Crippen LogP contribution in [-0.4, -0.2) is 26.5 Å². The van der Waals surface area contributed by atoms with Gasteiger partial charge >= 0.3 is 0 Å². The lowest BCUT2D eigenvalue weighted by Crippen LogP contribution is -2.33. The lowest BCUT2D eigenvalue weighted by molar-refractivity contribution is -0.119. The first-order chi connectivity index (χ1) is 10.9. The molecule has 0 aliphatic rings. The third-order valence-electron chi connectivity index (χ3n) is 3.10. The number of nitrogens with one attached hydrogen (secondary N) is 1. The standard InChI is InChI=1S/C14H16ClN5O2S/c1-8(10-3-5-11(15)6-4-10)17-12(21)7-23-14-19-18-9(2)13(22)20(14)16/h3-6,8H,7,16H2,1-2H3,(H,17,21)/t8-/m0/s1. The Bertz CT molecular complexity index is 763. The Hall–Kier alpha value is -2.06. The quantitative estimate of drug-likeness (QED) is 0.620. The average Bonchev–Trinajstić information content (AvgIpc) is 2.52. The number of hydrogen-bond acceptors (Lipinski definition) is 6. The van der Waals surface area contributed by atoms with E-state index in [1.807, 2.05) is 19.1 Å². The van der Waals surface area contributed by atoms with Crippen molar-refractivity contribution in [1.82, 2.24) is 20.2 Å². The molecule has 0 unspecified atom stereocenters. The van der Waals surface area contributed by atoms with Gasteiger partial charge in [-0.15, -0.1) is 10.2 Å². The van der Waals surface area contributed by atoms with Crippen LogP contribution < -0.4 is 16.7 Å². The van der Waals surface area contributed by atoms with Crippen LogP contribution >= 0.6 is 23.4 Å². The monoisotopic (exact) mass is 353 g/mol. The van der Waals surface area contributed by atoms with E-state index in [4.69, 9.17) is 17.4 Å². The van der Waals surface area contributed by atoms with Gasteiger partial charge in [0.15, 0.2) is 0 Å². The number of nitrogens with two attached hydrogens (primary N) is 1. The Labute approximate surface area is 142 Å². The summed E-state index contributed by atoms with van der Waals surface area (Å²) < 4.78 is 0.892. The summed E-state index contributed by atoms with van der Waals surface area (Å²) in [6.45, 7) is 3.39. The minimum atomic E-state index is -0.433. The van der Waals surface area contributed by atoms with E-state index < -0.39 is 5.56 Å². The van der Waals surface area contributed by atoms with Gasteiger partial charge in [0, 0.05) is 5.02 Å². The molecule has 0 aliphatic carbocycles. The second kappa shape index (κ2) is 7.47. The van der Waals surface area contributed by atoms with Crippen LogP contribution in [0.15, 0.2) is 34.2 Å². The fourth-order valence-electron chi connectivity index (χ4n) is 1.82. The summed E-state index contributed by atoms with van der Waals surface area (Å²) in [6, 6.07) is 7.07. The number of nitrogen functional groups attached to an aromatic ring is 1. The van der Waals surface area contributed by atoms with Crippen molar-refractivity contribution in [1.29, 1.82) is 0 Å². The molecule has 0 bridgehead atoms. The zero-order valence-corrected chi connectivity index (χ0v) is 14.2. The van der Waals surface area contributed by atoms with Gasteiger partial charge in [-0.25, -0.2) is 0 Å². The van der Waals surface area contributed by atoms with Gasteiger partial charge in [0.2, 0.25) is 11.1 Å². The Morgan fingerprint density at radius 3 is 2.70 bits per heavy atom. The van der Waals surface area contributed by atoms with Gasteiger partial charge in [-0.3, -0.25) is 9.59 Å². The van der Waals surface area contributed by atoms with E-state index in [1.165, 1.54) is 6.92 Å². The molecule has 1 heterocycles. The van der Waals surface area contributed by atoms with Gasteiger partial charge in [-0.1, -0.05) is 35.5 Å². The minimum absolute atomic E-state index is 0.0757. The van der Waals surface area contributed by atoms with Gasteiger partial charge in [0.05, 0.1) is 11.8 Å². The van der Waals surface area contributed by atoms with E-state index >= 15 is 0 Å². The smallest absolute Gasteiger partial charge is 0.294 e. The highest BCUT2D eigenvalue weighted by Crippen LogP contribution is 2.17. The first kappa shape index (κ1) is 17.3. The highest BCUT2D eigenvalue weighted by atomic mass is 35.5. The minimum Gasteiger partial charge on any atom is -0.349 e. The number of amides is 1. The summed E-state index contributed by atoms with van der Waals surface area (Å²) in [4.78, 5) is 23.6. The van der Waals surface area contributed by atoms with Crippen molar-refractivity contribution in [2.45, 2.75) is 25.0 Å². The first-order valence-corrected chi connectivity index (χ1v) is 8.14. The number of aryl methyl sites for hydroxylation is 1. The van der Waals surface area contributed by atoms with Crippen LogP contribution in [0.4, 0.5) is 0 Å². The number of aromatic nitrogens is 3. The highest BCUT2D eigenvalue weighted by molar-refractivity contribution is 7.99. The molecule has 7 nitrogen and oxygen atoms in total. The highest BCUT2D eigenvalue weighted by Gasteiger charge is 2.13. The van der Waals surface area contributed by atoms with Crippen LogP contribution in [0.3, 0.4) is 0 Å². The molecule has 0 fully saturated rings. The summed E-state index contributed by atoms with van der Waals surface area (Å²) in [5.74, 6) is 5.49. The SMILES string of the molecule is Cc1nnc(SCC(=O)N[C@@H](C)c2ccc(Cl)cc2)n(N)c1=O. The number of carbonyl (C=O) groups excluding carboxylic acids is 1. The fraction of sp³-hybridized carbons (Fsp3) is 0.286. The summed E-state index contributed by atoms with van der Waals surface area (Å²) in [7, 11) is 0. The summed E-state index contributed by atoms with van der Waals surface area (Å²) >= 11 is 6.88. The lowest BCUT2D eigenvalue weighted by atomic mass is 10.1. The molecule has 2 aromatic rings. The van der Waals surface area contributed by atoms with Crippen LogP contribution in [0.5, 0.6) is 0 Å². The molecule has 0 aliphatic heterocycles. The maximum Gasteiger partial charge on any atom is 0.294 e. The number of carbonyl (C=O) groups is 1. The second-order valence-electron chi connectivity index (χ2n) is 4.87. The molecule has 1 amide bonds. The van der Waals surface area contributed by atoms with E-state index in [1.54, 1.807) is 12.1 Å². The van der Waals surface area contributed by atoms with Gasteiger partial charge in [0.25, 0.3) is 5.56 Å². The second-order valence-corrected chi connectivity index (χ2v) is 6.25. The van der Waals surface area contributed by atoms with Crippen LogP contribution in [0.1, 0.15) is 24.2 Å². The molecule has 0 spiro atoms. The lowest BCUT2D eigenvalue weighted by Gasteiger charge is -2.14. The number of halogens is 1. The molecule has 0 radical (unpaired) electrons. The Morgan fingerprint density at radius 1 is 1.39 bits per heavy atom. The van der Waals surface area contributed by atoms with Crippen molar-refractivity contribution >= 4 is 29.3 Å². The predicted molar refractivity (Wildman–Crippen MR) is 89.9 cm³/mol. The molecule has 2 rings (SSSR count). The third kappa shape index (κ3) is 4.46. The Morgan fingerprint density at radius 2 is 2.04 bits per heavy atom. The Balaban J connectivity index is 1.94. The van der Waals surface area contributed by atoms with Gasteiger partial charge in [-0.05, 0) is 31.5 Å². The fourth-order valence-corrected chi connectivity index (χ4v) is 2.61. The zero-order chi connectivity index (χ0) is 17.0. The predicted octanol–water partition coefficient (Wildman–Crippen LogP) is 1.28. The number of hydrogen-bond donors (Lipinski definition) is 2. The molecular formula is C14H16ClN5O2S. The van der Waals surface area contributed by atoms with Gasteiger partial charge < -0.3 is 11.2 Å². The van der Waals surface area contributed by atoms with Crippen molar-refractivity contribution in [2.75, 3.05) is 11.6 Å². The average molecular weight is 354 g/mol. The van der Waals surface area contributed by atoms with Crippen LogP contribution in [0.25, 0.3) is 0 Å². The van der Waals surface area contributed by atoms with Gasteiger partial charge in [-0.2, -0.15) is 4.68 Å². The largest absolute Gasteiger partial charge is 0.349 e. The molecule has 9 heteroatoms. The third-order valence-corrected chi connectivity index (χ3v) is 4.29. The van der Waals surface area contributed by atoms with Gasteiger partial charge in [0.1, 0.15) is 5.69 Å². The zero-order valence-electron chi connectivity index (χ0n) is 12.6. The molecular weight excluding hydrogens is 338 g/mol. The molecule has 1 aromatic carbocycles. The van der Waals surface area contributed by atoms with Crippen LogP contribution in [0.2, 0.25) is 5.02 Å². The summed E-state index contributed by atoms with van der Waals surface area (Å²) in [5, 5.41) is 11.2. The molecule has 0 saturated carbocycles. The first-order valence-electron chi connectivity index (χ1n) is 6.77. The normalized spacial score (nSPS) is 12.0. The maximum absolute atomic E-state index is 12.0.